The summed E-state index contributed by atoms with van der Waals surface area (Å²) < 4.78 is 15.1. The van der Waals surface area contributed by atoms with Gasteiger partial charge in [-0.05, 0) is 51.1 Å². The van der Waals surface area contributed by atoms with Gasteiger partial charge in [0, 0.05) is 34.1 Å². The molecule has 7 heteroatoms. The first-order valence-electron chi connectivity index (χ1n) is 8.43. The predicted octanol–water partition coefficient (Wildman–Crippen LogP) is 4.27. The van der Waals surface area contributed by atoms with E-state index in [1.807, 2.05) is 48.0 Å². The zero-order valence-electron chi connectivity index (χ0n) is 15.1. The van der Waals surface area contributed by atoms with E-state index in [1.165, 1.54) is 12.1 Å². The number of aromatic nitrogens is 1. The van der Waals surface area contributed by atoms with Crippen LogP contribution in [0.25, 0.3) is 5.69 Å². The summed E-state index contributed by atoms with van der Waals surface area (Å²) in [4.78, 5) is 12.1. The van der Waals surface area contributed by atoms with Gasteiger partial charge in [-0.15, -0.1) is 23.5 Å². The normalized spacial score (nSPS) is 16.3. The van der Waals surface area contributed by atoms with Crippen molar-refractivity contribution in [2.45, 2.75) is 31.3 Å². The van der Waals surface area contributed by atoms with E-state index in [9.17, 15) is 9.18 Å². The Morgan fingerprint density at radius 2 is 1.96 bits per heavy atom. The molecule has 1 saturated heterocycles. The van der Waals surface area contributed by atoms with Crippen LogP contribution in [0.4, 0.5) is 4.39 Å². The number of carbonyl (C=O) groups is 1. The second-order valence-corrected chi connectivity index (χ2v) is 9.89. The highest BCUT2D eigenvalue weighted by Crippen LogP contribution is 2.45. The van der Waals surface area contributed by atoms with E-state index < -0.39 is 0 Å². The van der Waals surface area contributed by atoms with Crippen LogP contribution in [0.1, 0.15) is 30.3 Å². The lowest BCUT2D eigenvalue weighted by Gasteiger charge is -2.19. The van der Waals surface area contributed by atoms with Gasteiger partial charge in [-0.3, -0.25) is 4.79 Å². The van der Waals surface area contributed by atoms with Crippen molar-refractivity contribution in [3.8, 4) is 5.69 Å². The summed E-state index contributed by atoms with van der Waals surface area (Å²) >= 11 is 3.66. The molecule has 1 aliphatic heterocycles. The van der Waals surface area contributed by atoms with Gasteiger partial charge in [0.05, 0.1) is 16.7 Å². The number of carbonyl (C=O) groups excluding carboxylic acids is 1. The Bertz CT molecular complexity index is 824. The molecule has 1 aromatic carbocycles. The Kier molecular flexibility index (Phi) is 5.77. The fourth-order valence-corrected chi connectivity index (χ4v) is 5.90. The van der Waals surface area contributed by atoms with Crippen molar-refractivity contribution < 1.29 is 9.18 Å². The summed E-state index contributed by atoms with van der Waals surface area (Å²) in [7, 11) is 0. The quantitative estimate of drug-likeness (QED) is 0.612. The number of nitrogens with zero attached hydrogens (tertiary/aromatic N) is 2. The largest absolute Gasteiger partial charge is 0.318 e. The van der Waals surface area contributed by atoms with Gasteiger partial charge in [0.15, 0.2) is 0 Å². The molecule has 3 rings (SSSR count). The molecule has 0 bridgehead atoms. The van der Waals surface area contributed by atoms with Crippen LogP contribution in [0.3, 0.4) is 0 Å². The van der Waals surface area contributed by atoms with E-state index in [0.717, 1.165) is 34.1 Å². The fourth-order valence-electron chi connectivity index (χ4n) is 3.07. The third kappa shape index (κ3) is 4.32. The minimum absolute atomic E-state index is 0.0436. The SMILES string of the molecule is Cc1cc(/C=N\NC(=O)CC2(C)SCCS2)c(C)n1-c1ccc(F)cc1. The minimum atomic E-state index is -0.256. The van der Waals surface area contributed by atoms with Crippen molar-refractivity contribution in [3.05, 3.63) is 53.1 Å². The summed E-state index contributed by atoms with van der Waals surface area (Å²) in [5, 5.41) is 4.12. The third-order valence-corrected chi connectivity index (χ3v) is 7.62. The van der Waals surface area contributed by atoms with Gasteiger partial charge in [-0.1, -0.05) is 0 Å². The van der Waals surface area contributed by atoms with E-state index in [4.69, 9.17) is 0 Å². The van der Waals surface area contributed by atoms with Crippen LogP contribution in [0.15, 0.2) is 35.4 Å². The van der Waals surface area contributed by atoms with E-state index in [1.54, 1.807) is 18.3 Å². The van der Waals surface area contributed by atoms with Crippen molar-refractivity contribution in [3.63, 3.8) is 0 Å². The zero-order valence-corrected chi connectivity index (χ0v) is 16.7. The van der Waals surface area contributed by atoms with Crippen molar-refractivity contribution in [1.82, 2.24) is 9.99 Å². The molecular weight excluding hydrogens is 369 g/mol. The van der Waals surface area contributed by atoms with E-state index >= 15 is 0 Å². The maximum atomic E-state index is 13.1. The molecule has 0 spiro atoms. The van der Waals surface area contributed by atoms with Crippen LogP contribution < -0.4 is 5.43 Å². The van der Waals surface area contributed by atoms with Gasteiger partial charge in [-0.2, -0.15) is 5.10 Å². The van der Waals surface area contributed by atoms with Gasteiger partial charge >= 0.3 is 0 Å². The van der Waals surface area contributed by atoms with Crippen LogP contribution in [0.5, 0.6) is 0 Å². The molecular formula is C19H22FN3OS2. The molecule has 26 heavy (non-hydrogen) atoms. The van der Waals surface area contributed by atoms with Gasteiger partial charge in [-0.25, -0.2) is 9.82 Å². The molecule has 4 nitrogen and oxygen atoms in total. The number of benzene rings is 1. The average molecular weight is 392 g/mol. The molecule has 0 saturated carbocycles. The van der Waals surface area contributed by atoms with Crippen molar-refractivity contribution in [2.75, 3.05) is 11.5 Å². The summed E-state index contributed by atoms with van der Waals surface area (Å²) in [5.41, 5.74) is 6.46. The Balaban J connectivity index is 1.68. The first-order valence-corrected chi connectivity index (χ1v) is 10.4. The molecule has 0 aliphatic carbocycles. The topological polar surface area (TPSA) is 46.4 Å². The van der Waals surface area contributed by atoms with Gasteiger partial charge < -0.3 is 4.57 Å². The molecule has 0 unspecified atom stereocenters. The molecule has 1 fully saturated rings. The fraction of sp³-hybridized carbons (Fsp3) is 0.368. The first-order chi connectivity index (χ1) is 12.4. The monoisotopic (exact) mass is 391 g/mol. The van der Waals surface area contributed by atoms with E-state index in [2.05, 4.69) is 17.5 Å². The number of nitrogens with one attached hydrogen (secondary N) is 1. The highest BCUT2D eigenvalue weighted by molar-refractivity contribution is 8.21. The molecule has 1 N–H and O–H groups in total. The molecule has 1 aliphatic rings. The number of hydrogen-bond acceptors (Lipinski definition) is 4. The number of amides is 1. The highest BCUT2D eigenvalue weighted by Gasteiger charge is 2.32. The van der Waals surface area contributed by atoms with Crippen LogP contribution in [-0.4, -0.2) is 32.3 Å². The Labute approximate surface area is 161 Å². The molecule has 1 amide bonds. The standard InChI is InChI=1S/C19H22FN3OS2/c1-13-10-15(14(2)23(13)17-6-4-16(20)5-7-17)12-21-22-18(24)11-19(3)25-8-9-26-19/h4-7,10,12H,8-9,11H2,1-3H3,(H,22,24)/b21-12-. The van der Waals surface area contributed by atoms with E-state index in [0.29, 0.717) is 6.42 Å². The van der Waals surface area contributed by atoms with Crippen LogP contribution >= 0.6 is 23.5 Å². The van der Waals surface area contributed by atoms with Crippen LogP contribution in [-0.2, 0) is 4.79 Å². The van der Waals surface area contributed by atoms with Crippen molar-refractivity contribution in [1.29, 1.82) is 0 Å². The predicted molar refractivity (Wildman–Crippen MR) is 109 cm³/mol. The van der Waals surface area contributed by atoms with Crippen LogP contribution in [0, 0.1) is 19.7 Å². The van der Waals surface area contributed by atoms with Crippen LogP contribution in [0.2, 0.25) is 0 Å². The smallest absolute Gasteiger partial charge is 0.242 e. The maximum Gasteiger partial charge on any atom is 0.242 e. The summed E-state index contributed by atoms with van der Waals surface area (Å²) in [6.45, 7) is 6.07. The Hall–Kier alpha value is -1.73. The number of rotatable bonds is 5. The third-order valence-electron chi connectivity index (χ3n) is 4.33. The first kappa shape index (κ1) is 19.0. The zero-order chi connectivity index (χ0) is 18.7. The summed E-state index contributed by atoms with van der Waals surface area (Å²) in [5.74, 6) is 1.85. The molecule has 0 radical (unpaired) electrons. The second-order valence-electron chi connectivity index (χ2n) is 6.44. The molecule has 2 heterocycles. The minimum Gasteiger partial charge on any atom is -0.318 e. The molecule has 138 valence electrons. The highest BCUT2D eigenvalue weighted by atomic mass is 32.2. The van der Waals surface area contributed by atoms with Gasteiger partial charge in [0.1, 0.15) is 5.82 Å². The average Bonchev–Trinajstić information content (AvgIpc) is 3.12. The number of thioether (sulfide) groups is 2. The Morgan fingerprint density at radius 1 is 1.31 bits per heavy atom. The number of halogens is 1. The Morgan fingerprint density at radius 3 is 2.62 bits per heavy atom. The lowest BCUT2D eigenvalue weighted by molar-refractivity contribution is -0.121. The number of aryl methyl sites for hydroxylation is 1. The summed E-state index contributed by atoms with van der Waals surface area (Å²) in [6, 6.07) is 8.38. The van der Waals surface area contributed by atoms with Crippen molar-refractivity contribution >= 4 is 35.6 Å². The van der Waals surface area contributed by atoms with E-state index in [-0.39, 0.29) is 15.8 Å². The number of hydrazone groups is 1. The maximum absolute atomic E-state index is 13.1. The van der Waals surface area contributed by atoms with Crippen molar-refractivity contribution in [2.24, 2.45) is 5.10 Å². The molecule has 1 aromatic heterocycles. The lowest BCUT2D eigenvalue weighted by atomic mass is 10.2. The number of hydrogen-bond donors (Lipinski definition) is 1. The molecule has 0 atom stereocenters. The van der Waals surface area contributed by atoms with Gasteiger partial charge in [0.25, 0.3) is 0 Å². The second kappa shape index (κ2) is 7.88. The summed E-state index contributed by atoms with van der Waals surface area (Å²) in [6.07, 6.45) is 2.12. The lowest BCUT2D eigenvalue weighted by Crippen LogP contribution is -2.26. The molecule has 2 aromatic rings. The van der Waals surface area contributed by atoms with Gasteiger partial charge in [0.2, 0.25) is 5.91 Å².